The average molecular weight is 351 g/mol. The summed E-state index contributed by atoms with van der Waals surface area (Å²) >= 11 is 1.16. The highest BCUT2D eigenvalue weighted by molar-refractivity contribution is 7.99. The van der Waals surface area contributed by atoms with Gasteiger partial charge >= 0.3 is 0 Å². The van der Waals surface area contributed by atoms with Gasteiger partial charge in [0.1, 0.15) is 6.33 Å². The van der Waals surface area contributed by atoms with Crippen LogP contribution in [0.1, 0.15) is 20.3 Å². The number of aromatic nitrogens is 6. The van der Waals surface area contributed by atoms with Crippen molar-refractivity contribution in [2.75, 3.05) is 30.1 Å². The highest BCUT2D eigenvalue weighted by Gasteiger charge is 2.13. The fourth-order valence-corrected chi connectivity index (χ4v) is 2.13. The molecule has 1 atom stereocenters. The molecule has 2 rings (SSSR count). The first kappa shape index (κ1) is 17.9. The van der Waals surface area contributed by atoms with E-state index in [1.807, 2.05) is 21.0 Å². The second kappa shape index (κ2) is 7.90. The van der Waals surface area contributed by atoms with Crippen molar-refractivity contribution in [3.05, 3.63) is 6.33 Å². The number of rotatable bonds is 8. The molecular formula is C13H21N9OS. The minimum Gasteiger partial charge on any atom is -0.369 e. The van der Waals surface area contributed by atoms with Gasteiger partial charge in [-0.3, -0.25) is 4.79 Å². The maximum absolute atomic E-state index is 10.8. The molecule has 0 aliphatic heterocycles. The summed E-state index contributed by atoms with van der Waals surface area (Å²) in [5.74, 6) is 1.02. The van der Waals surface area contributed by atoms with Gasteiger partial charge in [0, 0.05) is 20.1 Å². The first-order valence-electron chi connectivity index (χ1n) is 7.42. The average Bonchev–Trinajstić information content (AvgIpc) is 3.01. The van der Waals surface area contributed by atoms with Crippen molar-refractivity contribution in [1.29, 1.82) is 0 Å². The van der Waals surface area contributed by atoms with E-state index >= 15 is 0 Å². The van der Waals surface area contributed by atoms with Gasteiger partial charge in [-0.05, 0) is 13.3 Å². The number of carbonyl (C=O) groups excluding carboxylic acids is 1. The van der Waals surface area contributed by atoms with Crippen molar-refractivity contribution in [3.8, 4) is 5.95 Å². The summed E-state index contributed by atoms with van der Waals surface area (Å²) in [6, 6.07) is 0.229. The molecule has 0 saturated carbocycles. The van der Waals surface area contributed by atoms with Crippen LogP contribution in [0.5, 0.6) is 0 Å². The van der Waals surface area contributed by atoms with Crippen molar-refractivity contribution >= 4 is 29.6 Å². The Balaban J connectivity index is 2.29. The summed E-state index contributed by atoms with van der Waals surface area (Å²) in [5.41, 5.74) is 5.12. The minimum absolute atomic E-state index is 0.116. The van der Waals surface area contributed by atoms with E-state index in [1.165, 1.54) is 11.0 Å². The van der Waals surface area contributed by atoms with Crippen LogP contribution >= 0.6 is 11.8 Å². The molecule has 130 valence electrons. The van der Waals surface area contributed by atoms with Crippen LogP contribution in [0.15, 0.2) is 11.5 Å². The number of hydrogen-bond donors (Lipinski definition) is 2. The molecule has 0 saturated heterocycles. The van der Waals surface area contributed by atoms with Crippen molar-refractivity contribution in [2.24, 2.45) is 5.73 Å². The molecule has 0 aromatic carbocycles. The number of anilines is 2. The van der Waals surface area contributed by atoms with Crippen LogP contribution in [0, 0.1) is 0 Å². The van der Waals surface area contributed by atoms with Crippen molar-refractivity contribution < 1.29 is 4.79 Å². The van der Waals surface area contributed by atoms with E-state index < -0.39 is 5.91 Å². The Kier molecular flexibility index (Phi) is 5.90. The SMILES string of the molecule is CC[C@H](C)Nc1nc(N(C)C)nc(-n2cnc(SCC(N)=O)n2)n1. The van der Waals surface area contributed by atoms with Crippen LogP contribution in [0.3, 0.4) is 0 Å². The number of nitrogens with zero attached hydrogens (tertiary/aromatic N) is 7. The van der Waals surface area contributed by atoms with Gasteiger partial charge < -0.3 is 16.0 Å². The highest BCUT2D eigenvalue weighted by atomic mass is 32.2. The van der Waals surface area contributed by atoms with Gasteiger partial charge in [-0.15, -0.1) is 5.10 Å². The van der Waals surface area contributed by atoms with E-state index in [0.29, 0.717) is 23.0 Å². The molecular weight excluding hydrogens is 330 g/mol. The molecule has 2 aromatic rings. The van der Waals surface area contributed by atoms with Gasteiger partial charge in [0.25, 0.3) is 5.95 Å². The Hall–Kier alpha value is -2.43. The van der Waals surface area contributed by atoms with Crippen LogP contribution in [-0.4, -0.2) is 61.5 Å². The quantitative estimate of drug-likeness (QED) is 0.645. The lowest BCUT2D eigenvalue weighted by Crippen LogP contribution is -2.21. The predicted octanol–water partition coefficient (Wildman–Crippen LogP) is 0.306. The van der Waals surface area contributed by atoms with E-state index in [-0.39, 0.29) is 11.8 Å². The second-order valence-corrected chi connectivity index (χ2v) is 6.28. The molecule has 1 amide bonds. The minimum atomic E-state index is -0.425. The third kappa shape index (κ3) is 4.78. The fraction of sp³-hybridized carbons (Fsp3) is 0.538. The third-order valence-corrected chi connectivity index (χ3v) is 3.89. The van der Waals surface area contributed by atoms with Crippen LogP contribution < -0.4 is 16.0 Å². The Morgan fingerprint density at radius 2 is 2.17 bits per heavy atom. The second-order valence-electron chi connectivity index (χ2n) is 5.33. The summed E-state index contributed by atoms with van der Waals surface area (Å²) < 4.78 is 1.44. The predicted molar refractivity (Wildman–Crippen MR) is 92.4 cm³/mol. The summed E-state index contributed by atoms with van der Waals surface area (Å²) in [7, 11) is 3.70. The molecule has 0 aliphatic rings. The number of amides is 1. The third-order valence-electron chi connectivity index (χ3n) is 3.02. The van der Waals surface area contributed by atoms with E-state index in [1.54, 1.807) is 4.90 Å². The lowest BCUT2D eigenvalue weighted by atomic mass is 10.3. The van der Waals surface area contributed by atoms with Crippen LogP contribution in [0.2, 0.25) is 0 Å². The first-order valence-corrected chi connectivity index (χ1v) is 8.40. The maximum atomic E-state index is 10.8. The lowest BCUT2D eigenvalue weighted by molar-refractivity contribution is -0.115. The zero-order valence-corrected chi connectivity index (χ0v) is 14.9. The molecule has 0 radical (unpaired) electrons. The number of hydrogen-bond acceptors (Lipinski definition) is 9. The number of primary amides is 1. The van der Waals surface area contributed by atoms with Crippen LogP contribution in [0.25, 0.3) is 5.95 Å². The smallest absolute Gasteiger partial charge is 0.258 e. The molecule has 0 aliphatic carbocycles. The molecule has 0 spiro atoms. The van der Waals surface area contributed by atoms with E-state index in [9.17, 15) is 4.79 Å². The fourth-order valence-electron chi connectivity index (χ4n) is 1.59. The zero-order chi connectivity index (χ0) is 17.7. The zero-order valence-electron chi connectivity index (χ0n) is 14.1. The summed E-state index contributed by atoms with van der Waals surface area (Å²) in [4.78, 5) is 29.9. The topological polar surface area (TPSA) is 128 Å². The number of thioether (sulfide) groups is 1. The van der Waals surface area contributed by atoms with E-state index in [2.05, 4.69) is 37.3 Å². The molecule has 2 heterocycles. The molecule has 0 unspecified atom stereocenters. The van der Waals surface area contributed by atoms with Crippen LogP contribution in [0.4, 0.5) is 11.9 Å². The molecule has 3 N–H and O–H groups in total. The Morgan fingerprint density at radius 3 is 2.79 bits per heavy atom. The molecule has 0 fully saturated rings. The van der Waals surface area contributed by atoms with Crippen molar-refractivity contribution in [2.45, 2.75) is 31.5 Å². The van der Waals surface area contributed by atoms with Crippen LogP contribution in [-0.2, 0) is 4.79 Å². The Bertz CT molecular complexity index is 703. The van der Waals surface area contributed by atoms with Gasteiger partial charge in [-0.1, -0.05) is 18.7 Å². The first-order chi connectivity index (χ1) is 11.4. The monoisotopic (exact) mass is 351 g/mol. The number of carbonyl (C=O) groups is 1. The number of nitrogens with two attached hydrogens (primary N) is 1. The summed E-state index contributed by atoms with van der Waals surface area (Å²) in [6.45, 7) is 4.12. The molecule has 2 aromatic heterocycles. The van der Waals surface area contributed by atoms with Crippen molar-refractivity contribution in [3.63, 3.8) is 0 Å². The van der Waals surface area contributed by atoms with E-state index in [0.717, 1.165) is 18.2 Å². The normalized spacial score (nSPS) is 12.0. The Morgan fingerprint density at radius 1 is 1.42 bits per heavy atom. The van der Waals surface area contributed by atoms with Crippen molar-refractivity contribution in [1.82, 2.24) is 29.7 Å². The summed E-state index contributed by atoms with van der Waals surface area (Å²) in [5, 5.41) is 7.91. The van der Waals surface area contributed by atoms with E-state index in [4.69, 9.17) is 5.73 Å². The lowest BCUT2D eigenvalue weighted by Gasteiger charge is -2.15. The maximum Gasteiger partial charge on any atom is 0.258 e. The van der Waals surface area contributed by atoms with Gasteiger partial charge in [0.15, 0.2) is 0 Å². The number of nitrogens with one attached hydrogen (secondary N) is 1. The standard InChI is InChI=1S/C13H21N9OS/c1-5-8(2)16-10-17-11(21(3)4)19-12(18-10)22-7-15-13(20-22)24-6-9(14)23/h7-8H,5-6H2,1-4H3,(H2,14,23)(H,16,17,18,19)/t8-/m0/s1. The van der Waals surface area contributed by atoms with Gasteiger partial charge in [0.2, 0.25) is 23.0 Å². The Labute approximate surface area is 144 Å². The van der Waals surface area contributed by atoms with Gasteiger partial charge in [0.05, 0.1) is 5.75 Å². The van der Waals surface area contributed by atoms with Gasteiger partial charge in [-0.25, -0.2) is 4.98 Å². The highest BCUT2D eigenvalue weighted by Crippen LogP contribution is 2.15. The molecule has 10 nitrogen and oxygen atoms in total. The largest absolute Gasteiger partial charge is 0.369 e. The van der Waals surface area contributed by atoms with Gasteiger partial charge in [-0.2, -0.15) is 19.6 Å². The summed E-state index contributed by atoms with van der Waals surface area (Å²) in [6.07, 6.45) is 2.43. The molecule has 24 heavy (non-hydrogen) atoms. The molecule has 0 bridgehead atoms. The molecule has 11 heteroatoms.